The van der Waals surface area contributed by atoms with Crippen molar-refractivity contribution in [3.63, 3.8) is 0 Å². The van der Waals surface area contributed by atoms with Crippen LogP contribution in [-0.2, 0) is 0 Å². The van der Waals surface area contributed by atoms with Gasteiger partial charge in [-0.25, -0.2) is 0 Å². The van der Waals surface area contributed by atoms with Crippen LogP contribution < -0.4 is 5.32 Å². The molecule has 0 radical (unpaired) electrons. The van der Waals surface area contributed by atoms with E-state index >= 15 is 0 Å². The molecule has 0 aromatic carbocycles. The fraction of sp³-hybridized carbons (Fsp3) is 0.714. The molecule has 1 fully saturated rings. The lowest BCUT2D eigenvalue weighted by atomic mass is 9.96. The SMILES string of the molecule is C=C[C@H]1NC[C@@H](O)[C@H](O)[C@H]1O.Cl. The summed E-state index contributed by atoms with van der Waals surface area (Å²) in [5.41, 5.74) is 0. The third kappa shape index (κ3) is 2.18. The highest BCUT2D eigenvalue weighted by atomic mass is 35.5. The highest BCUT2D eigenvalue weighted by molar-refractivity contribution is 5.85. The van der Waals surface area contributed by atoms with Gasteiger partial charge in [0.1, 0.15) is 12.2 Å². The van der Waals surface area contributed by atoms with Crippen LogP contribution in [0.4, 0.5) is 0 Å². The first-order valence-electron chi connectivity index (χ1n) is 3.57. The molecule has 1 rings (SSSR count). The summed E-state index contributed by atoms with van der Waals surface area (Å²) in [6.45, 7) is 3.77. The zero-order chi connectivity index (χ0) is 8.43. The van der Waals surface area contributed by atoms with Crippen LogP contribution in [0.1, 0.15) is 0 Å². The standard InChI is InChI=1S/C7H13NO3.ClH/c1-2-4-6(10)7(11)5(9)3-8-4;/h2,4-11H,1,3H2;1H/t4-,5-,6+,7+;/m1./s1. The number of hydrogen-bond acceptors (Lipinski definition) is 4. The van der Waals surface area contributed by atoms with Gasteiger partial charge in [0, 0.05) is 6.54 Å². The molecule has 12 heavy (non-hydrogen) atoms. The van der Waals surface area contributed by atoms with E-state index in [1.807, 2.05) is 0 Å². The highest BCUT2D eigenvalue weighted by Gasteiger charge is 2.34. The molecular weight excluding hydrogens is 182 g/mol. The Labute approximate surface area is 77.3 Å². The van der Waals surface area contributed by atoms with Crippen molar-refractivity contribution in [1.82, 2.24) is 5.32 Å². The van der Waals surface area contributed by atoms with E-state index in [4.69, 9.17) is 10.2 Å². The first kappa shape index (κ1) is 11.9. The largest absolute Gasteiger partial charge is 0.389 e. The molecule has 0 saturated carbocycles. The van der Waals surface area contributed by atoms with E-state index in [2.05, 4.69) is 11.9 Å². The first-order valence-corrected chi connectivity index (χ1v) is 3.57. The molecule has 5 heteroatoms. The summed E-state index contributed by atoms with van der Waals surface area (Å²) in [4.78, 5) is 0. The molecule has 0 bridgehead atoms. The van der Waals surface area contributed by atoms with E-state index in [-0.39, 0.29) is 25.0 Å². The third-order valence-corrected chi connectivity index (χ3v) is 1.93. The van der Waals surface area contributed by atoms with Gasteiger partial charge in [0.15, 0.2) is 0 Å². The molecular formula is C7H14ClNO3. The van der Waals surface area contributed by atoms with Gasteiger partial charge in [-0.1, -0.05) is 6.08 Å². The minimum Gasteiger partial charge on any atom is -0.389 e. The Morgan fingerprint density at radius 2 is 1.83 bits per heavy atom. The number of aliphatic hydroxyl groups excluding tert-OH is 3. The summed E-state index contributed by atoms with van der Waals surface area (Å²) in [6.07, 6.45) is -1.41. The lowest BCUT2D eigenvalue weighted by molar-refractivity contribution is -0.0866. The second kappa shape index (κ2) is 4.79. The van der Waals surface area contributed by atoms with Crippen LogP contribution in [0.3, 0.4) is 0 Å². The van der Waals surface area contributed by atoms with Crippen molar-refractivity contribution in [2.75, 3.05) is 6.54 Å². The van der Waals surface area contributed by atoms with Crippen LogP contribution in [0.2, 0.25) is 0 Å². The molecule has 1 aliphatic rings. The molecule has 0 aliphatic carbocycles. The van der Waals surface area contributed by atoms with E-state index in [0.29, 0.717) is 0 Å². The Kier molecular flexibility index (Phi) is 4.74. The van der Waals surface area contributed by atoms with Crippen molar-refractivity contribution in [1.29, 1.82) is 0 Å². The zero-order valence-corrected chi connectivity index (χ0v) is 7.37. The fourth-order valence-electron chi connectivity index (χ4n) is 1.16. The zero-order valence-electron chi connectivity index (χ0n) is 6.55. The topological polar surface area (TPSA) is 72.7 Å². The maximum Gasteiger partial charge on any atom is 0.109 e. The first-order chi connectivity index (χ1) is 5.16. The Hall–Kier alpha value is -0.130. The van der Waals surface area contributed by atoms with Crippen LogP contribution in [0, 0.1) is 0 Å². The number of hydrogen-bond donors (Lipinski definition) is 4. The van der Waals surface area contributed by atoms with Gasteiger partial charge in [-0.3, -0.25) is 0 Å². The van der Waals surface area contributed by atoms with Crippen molar-refractivity contribution >= 4 is 12.4 Å². The molecule has 1 aliphatic heterocycles. The van der Waals surface area contributed by atoms with Crippen molar-refractivity contribution in [3.8, 4) is 0 Å². The minimum atomic E-state index is -1.07. The number of piperidine rings is 1. The molecule has 0 aromatic heterocycles. The van der Waals surface area contributed by atoms with Crippen molar-refractivity contribution in [2.45, 2.75) is 24.4 Å². The van der Waals surface area contributed by atoms with Gasteiger partial charge >= 0.3 is 0 Å². The lowest BCUT2D eigenvalue weighted by Crippen LogP contribution is -2.58. The number of β-amino-alcohol motifs (C(OH)–C–C–N with tert-alkyl or cyclic N) is 1. The Bertz CT molecular complexity index is 156. The summed E-state index contributed by atoms with van der Waals surface area (Å²) in [5, 5.41) is 30.3. The van der Waals surface area contributed by atoms with Crippen molar-refractivity contribution < 1.29 is 15.3 Å². The maximum atomic E-state index is 9.26. The monoisotopic (exact) mass is 195 g/mol. The quantitative estimate of drug-likeness (QED) is 0.391. The molecule has 1 heterocycles. The van der Waals surface area contributed by atoms with Crippen molar-refractivity contribution in [2.24, 2.45) is 0 Å². The second-order valence-electron chi connectivity index (χ2n) is 2.72. The predicted octanol–water partition coefficient (Wildman–Crippen LogP) is -1.35. The summed E-state index contributed by atoms with van der Waals surface area (Å²) < 4.78 is 0. The van der Waals surface area contributed by atoms with Gasteiger partial charge in [0.05, 0.1) is 12.1 Å². The molecule has 4 nitrogen and oxygen atoms in total. The average Bonchev–Trinajstić information content (AvgIpc) is 2.01. The number of halogens is 1. The molecule has 4 atom stereocenters. The predicted molar refractivity (Wildman–Crippen MR) is 47.3 cm³/mol. The maximum absolute atomic E-state index is 9.26. The lowest BCUT2D eigenvalue weighted by Gasteiger charge is -2.34. The third-order valence-electron chi connectivity index (χ3n) is 1.93. The number of nitrogens with one attached hydrogen (secondary N) is 1. The number of rotatable bonds is 1. The Morgan fingerprint density at radius 1 is 1.25 bits per heavy atom. The van der Waals surface area contributed by atoms with Gasteiger partial charge in [0.25, 0.3) is 0 Å². The molecule has 4 N–H and O–H groups in total. The van der Waals surface area contributed by atoms with Gasteiger partial charge in [0.2, 0.25) is 0 Å². The van der Waals surface area contributed by atoms with Gasteiger partial charge in [-0.15, -0.1) is 19.0 Å². The smallest absolute Gasteiger partial charge is 0.109 e. The minimum absolute atomic E-state index is 0. The van der Waals surface area contributed by atoms with Crippen LogP contribution in [0.25, 0.3) is 0 Å². The van der Waals surface area contributed by atoms with Gasteiger partial charge < -0.3 is 20.6 Å². The highest BCUT2D eigenvalue weighted by Crippen LogP contribution is 2.10. The van der Waals surface area contributed by atoms with Gasteiger partial charge in [-0.05, 0) is 0 Å². The van der Waals surface area contributed by atoms with E-state index in [0.717, 1.165) is 0 Å². The number of aliphatic hydroxyl groups is 3. The summed E-state index contributed by atoms with van der Waals surface area (Å²) >= 11 is 0. The Balaban J connectivity index is 0.00000121. The van der Waals surface area contributed by atoms with Crippen LogP contribution in [0.15, 0.2) is 12.7 Å². The molecule has 0 amide bonds. The summed E-state index contributed by atoms with van der Waals surface area (Å²) in [5.74, 6) is 0. The normalized spacial score (nSPS) is 41.6. The van der Waals surface area contributed by atoms with E-state index in [9.17, 15) is 5.11 Å². The second-order valence-corrected chi connectivity index (χ2v) is 2.72. The van der Waals surface area contributed by atoms with Crippen molar-refractivity contribution in [3.05, 3.63) is 12.7 Å². The van der Waals surface area contributed by atoms with Crippen LogP contribution in [0.5, 0.6) is 0 Å². The summed E-state index contributed by atoms with van der Waals surface area (Å²) in [7, 11) is 0. The molecule has 0 unspecified atom stereocenters. The van der Waals surface area contributed by atoms with E-state index in [1.165, 1.54) is 6.08 Å². The molecule has 72 valence electrons. The van der Waals surface area contributed by atoms with Crippen LogP contribution >= 0.6 is 12.4 Å². The van der Waals surface area contributed by atoms with E-state index in [1.54, 1.807) is 0 Å². The fourth-order valence-corrected chi connectivity index (χ4v) is 1.16. The van der Waals surface area contributed by atoms with Gasteiger partial charge in [-0.2, -0.15) is 0 Å². The average molecular weight is 196 g/mol. The Morgan fingerprint density at radius 3 is 2.33 bits per heavy atom. The van der Waals surface area contributed by atoms with E-state index < -0.39 is 18.3 Å². The molecule has 1 saturated heterocycles. The van der Waals surface area contributed by atoms with Crippen LogP contribution in [-0.4, -0.2) is 46.2 Å². The summed E-state index contributed by atoms with van der Waals surface area (Å²) in [6, 6.07) is -0.326. The molecule has 0 aromatic rings. The molecule has 0 spiro atoms.